The molecule has 1 heterocycles. The van der Waals surface area contributed by atoms with E-state index in [0.717, 1.165) is 0 Å². The number of carbonyl (C=O) groups excluding carboxylic acids is 2. The molecule has 0 atom stereocenters. The zero-order valence-electron chi connectivity index (χ0n) is 12.4. The predicted octanol–water partition coefficient (Wildman–Crippen LogP) is -0.230. The largest absolute Gasteiger partial charge is 0.396 e. The predicted molar refractivity (Wildman–Crippen MR) is 84.4 cm³/mol. The topological polar surface area (TPSA) is 130 Å². The van der Waals surface area contributed by atoms with Crippen molar-refractivity contribution in [2.24, 2.45) is 0 Å². The number of rotatable bonds is 7. The van der Waals surface area contributed by atoms with Gasteiger partial charge < -0.3 is 21.3 Å². The standard InChI is InChI=1S/C15H18N4O4/c16-15-12(9-17-19(15)4-6-21)18-11-8-13(22)10(7-14(11)23)3-1-2-5-20/h1,3,7-9,18,20-21H,2,4-6,16H2/b3-1-. The molecule has 0 saturated heterocycles. The number of hydrogen-bond acceptors (Lipinski definition) is 7. The molecule has 0 spiro atoms. The zero-order chi connectivity index (χ0) is 16.8. The molecule has 8 heteroatoms. The van der Waals surface area contributed by atoms with Crippen molar-refractivity contribution in [2.45, 2.75) is 13.0 Å². The molecule has 1 aromatic heterocycles. The van der Waals surface area contributed by atoms with Gasteiger partial charge in [-0.1, -0.05) is 12.2 Å². The first-order valence-corrected chi connectivity index (χ1v) is 7.05. The lowest BCUT2D eigenvalue weighted by molar-refractivity contribution is -0.114. The van der Waals surface area contributed by atoms with Gasteiger partial charge in [-0.05, 0) is 12.5 Å². The van der Waals surface area contributed by atoms with Crippen LogP contribution in [0.25, 0.3) is 0 Å². The van der Waals surface area contributed by atoms with Gasteiger partial charge in [0, 0.05) is 18.3 Å². The van der Waals surface area contributed by atoms with Crippen molar-refractivity contribution in [1.29, 1.82) is 0 Å². The van der Waals surface area contributed by atoms with Crippen LogP contribution in [0, 0.1) is 0 Å². The normalized spacial score (nSPS) is 15.0. The molecule has 5 N–H and O–H groups in total. The Balaban J connectivity index is 2.12. The minimum atomic E-state index is -0.359. The van der Waals surface area contributed by atoms with Gasteiger partial charge in [-0.15, -0.1) is 0 Å². The summed E-state index contributed by atoms with van der Waals surface area (Å²) < 4.78 is 1.39. The summed E-state index contributed by atoms with van der Waals surface area (Å²) in [6.07, 6.45) is 7.40. The van der Waals surface area contributed by atoms with E-state index in [0.29, 0.717) is 12.1 Å². The molecule has 0 aliphatic heterocycles. The number of aliphatic hydroxyl groups is 2. The fourth-order valence-electron chi connectivity index (χ4n) is 2.00. The van der Waals surface area contributed by atoms with Crippen molar-refractivity contribution < 1.29 is 19.8 Å². The van der Waals surface area contributed by atoms with Gasteiger partial charge in [-0.3, -0.25) is 9.59 Å². The number of nitrogens with zero attached hydrogens (tertiary/aromatic N) is 2. The van der Waals surface area contributed by atoms with E-state index in [9.17, 15) is 9.59 Å². The van der Waals surface area contributed by atoms with Gasteiger partial charge in [0.2, 0.25) is 5.78 Å². The summed E-state index contributed by atoms with van der Waals surface area (Å²) in [6.45, 7) is 0.0997. The second-order valence-electron chi connectivity index (χ2n) is 4.82. The molecule has 0 unspecified atom stereocenters. The lowest BCUT2D eigenvalue weighted by Crippen LogP contribution is -2.18. The van der Waals surface area contributed by atoms with Crippen LogP contribution in [0.15, 0.2) is 41.8 Å². The molecule has 0 saturated carbocycles. The Morgan fingerprint density at radius 3 is 2.70 bits per heavy atom. The Kier molecular flexibility index (Phi) is 5.45. The van der Waals surface area contributed by atoms with E-state index >= 15 is 0 Å². The minimum absolute atomic E-state index is 0.0222. The van der Waals surface area contributed by atoms with Crippen molar-refractivity contribution in [3.05, 3.63) is 41.8 Å². The minimum Gasteiger partial charge on any atom is -0.396 e. The van der Waals surface area contributed by atoms with Gasteiger partial charge >= 0.3 is 0 Å². The van der Waals surface area contributed by atoms with Crippen LogP contribution >= 0.6 is 0 Å². The first kappa shape index (κ1) is 16.7. The second kappa shape index (κ2) is 7.52. The number of aliphatic hydroxyl groups excluding tert-OH is 2. The molecule has 2 rings (SSSR count). The van der Waals surface area contributed by atoms with Gasteiger partial charge in [-0.2, -0.15) is 5.10 Å². The molecule has 0 radical (unpaired) electrons. The van der Waals surface area contributed by atoms with E-state index in [1.807, 2.05) is 0 Å². The fourth-order valence-corrected chi connectivity index (χ4v) is 2.00. The highest BCUT2D eigenvalue weighted by atomic mass is 16.3. The van der Waals surface area contributed by atoms with Crippen LogP contribution in [0.5, 0.6) is 0 Å². The number of hydrogen-bond donors (Lipinski definition) is 4. The second-order valence-corrected chi connectivity index (χ2v) is 4.82. The molecular weight excluding hydrogens is 300 g/mol. The summed E-state index contributed by atoms with van der Waals surface area (Å²) >= 11 is 0. The number of allylic oxidation sites excluding steroid dienone is 4. The van der Waals surface area contributed by atoms with Crippen molar-refractivity contribution in [2.75, 3.05) is 24.3 Å². The molecule has 0 fully saturated rings. The quantitative estimate of drug-likeness (QED) is 0.511. The molecular formula is C15H18N4O4. The van der Waals surface area contributed by atoms with E-state index in [1.165, 1.54) is 29.1 Å². The molecule has 0 aromatic carbocycles. The monoisotopic (exact) mass is 318 g/mol. The third-order valence-corrected chi connectivity index (χ3v) is 3.17. The van der Waals surface area contributed by atoms with E-state index in [4.69, 9.17) is 15.9 Å². The van der Waals surface area contributed by atoms with Gasteiger partial charge in [0.25, 0.3) is 0 Å². The number of nitrogens with two attached hydrogens (primary N) is 1. The molecule has 1 aliphatic rings. The van der Waals surface area contributed by atoms with Crippen molar-refractivity contribution in [3.8, 4) is 0 Å². The van der Waals surface area contributed by atoms with Gasteiger partial charge in [0.1, 0.15) is 11.5 Å². The first-order chi connectivity index (χ1) is 11.1. The van der Waals surface area contributed by atoms with Crippen molar-refractivity contribution in [1.82, 2.24) is 9.78 Å². The molecule has 8 nitrogen and oxygen atoms in total. The number of carbonyl (C=O) groups is 2. The average molecular weight is 318 g/mol. The highest BCUT2D eigenvalue weighted by Crippen LogP contribution is 2.22. The summed E-state index contributed by atoms with van der Waals surface area (Å²) in [4.78, 5) is 24.1. The molecule has 122 valence electrons. The summed E-state index contributed by atoms with van der Waals surface area (Å²) in [5.74, 6) is -0.414. The third-order valence-electron chi connectivity index (χ3n) is 3.17. The number of anilines is 2. The summed E-state index contributed by atoms with van der Waals surface area (Å²) in [5.41, 5.74) is 6.60. The van der Waals surface area contributed by atoms with Gasteiger partial charge in [-0.25, -0.2) is 4.68 Å². The van der Waals surface area contributed by atoms with Crippen LogP contribution in [0.2, 0.25) is 0 Å². The van der Waals surface area contributed by atoms with E-state index < -0.39 is 0 Å². The Morgan fingerprint density at radius 2 is 2.00 bits per heavy atom. The van der Waals surface area contributed by atoms with Crippen LogP contribution in [0.3, 0.4) is 0 Å². The SMILES string of the molecule is Nc1c(NC2=CC(=O)C(/C=C\CCO)=CC2=O)cnn1CCO. The Labute approximate surface area is 132 Å². The highest BCUT2D eigenvalue weighted by molar-refractivity contribution is 6.22. The Morgan fingerprint density at radius 1 is 1.22 bits per heavy atom. The molecule has 0 amide bonds. The lowest BCUT2D eigenvalue weighted by atomic mass is 10.0. The Hall–Kier alpha value is -2.71. The number of nitrogens with one attached hydrogen (secondary N) is 1. The van der Waals surface area contributed by atoms with Crippen molar-refractivity contribution >= 4 is 23.1 Å². The number of ketones is 2. The fraction of sp³-hybridized carbons (Fsp3) is 0.267. The molecule has 1 aliphatic carbocycles. The summed E-state index contributed by atoms with van der Waals surface area (Å²) in [5, 5.41) is 24.4. The van der Waals surface area contributed by atoms with Gasteiger partial charge in [0.05, 0.1) is 25.0 Å². The first-order valence-electron chi connectivity index (χ1n) is 7.05. The van der Waals surface area contributed by atoms with E-state index in [-0.39, 0.29) is 48.4 Å². The smallest absolute Gasteiger partial charge is 0.202 e. The summed E-state index contributed by atoms with van der Waals surface area (Å²) in [7, 11) is 0. The van der Waals surface area contributed by atoms with Crippen molar-refractivity contribution in [3.63, 3.8) is 0 Å². The zero-order valence-corrected chi connectivity index (χ0v) is 12.4. The van der Waals surface area contributed by atoms with Crippen LogP contribution in [-0.2, 0) is 16.1 Å². The van der Waals surface area contributed by atoms with Crippen LogP contribution in [-0.4, -0.2) is 44.8 Å². The Bertz CT molecular complexity index is 700. The van der Waals surface area contributed by atoms with E-state index in [1.54, 1.807) is 6.08 Å². The van der Waals surface area contributed by atoms with Crippen LogP contribution in [0.4, 0.5) is 11.5 Å². The molecule has 0 bridgehead atoms. The lowest BCUT2D eigenvalue weighted by Gasteiger charge is -2.12. The average Bonchev–Trinajstić information content (AvgIpc) is 2.86. The molecule has 23 heavy (non-hydrogen) atoms. The molecule has 1 aromatic rings. The maximum atomic E-state index is 12.1. The van der Waals surface area contributed by atoms with E-state index in [2.05, 4.69) is 10.4 Å². The summed E-state index contributed by atoms with van der Waals surface area (Å²) in [6, 6.07) is 0. The highest BCUT2D eigenvalue weighted by Gasteiger charge is 2.20. The van der Waals surface area contributed by atoms with Crippen LogP contribution < -0.4 is 11.1 Å². The number of aromatic nitrogens is 2. The third kappa shape index (κ3) is 3.93. The maximum absolute atomic E-state index is 12.1. The number of nitrogen functional groups attached to an aromatic ring is 1. The maximum Gasteiger partial charge on any atom is 0.202 e. The van der Waals surface area contributed by atoms with Gasteiger partial charge in [0.15, 0.2) is 5.78 Å². The van der Waals surface area contributed by atoms with Crippen LogP contribution in [0.1, 0.15) is 6.42 Å².